The molecule has 0 nitrogen and oxygen atoms in total. The van der Waals surface area contributed by atoms with Gasteiger partial charge >= 0.3 is 424 Å². The van der Waals surface area contributed by atoms with Crippen LogP contribution >= 0.6 is 0 Å². The van der Waals surface area contributed by atoms with E-state index >= 15 is 0 Å². The van der Waals surface area contributed by atoms with Crippen LogP contribution in [0.15, 0.2) is 0 Å². The first-order chi connectivity index (χ1) is 25.4. The minimum absolute atomic E-state index is 0.0931. The third kappa shape index (κ3) is 9.05. The maximum absolute atomic E-state index is 3.13. The molecule has 0 aromatic heterocycles. The van der Waals surface area contributed by atoms with E-state index in [4.69, 9.17) is 0 Å². The van der Waals surface area contributed by atoms with Crippen LogP contribution in [-0.2, 0) is 0 Å². The number of rotatable bonds is 16. The predicted molar refractivity (Wildman–Crippen MR) is 345 cm³/mol. The van der Waals surface area contributed by atoms with Crippen molar-refractivity contribution >= 4 is 172 Å². The molecule has 1 aliphatic rings. The summed E-state index contributed by atoms with van der Waals surface area (Å²) >= 11 is -0.186. The fourth-order valence-electron chi connectivity index (χ4n) is 24.4. The molecule has 0 atom stereocenters. The van der Waals surface area contributed by atoms with Gasteiger partial charge in [0.05, 0.1) is 0 Å². The summed E-state index contributed by atoms with van der Waals surface area (Å²) in [4.78, 5) is 0. The van der Waals surface area contributed by atoms with Crippen LogP contribution in [0.2, 0.25) is 252 Å². The topological polar surface area (TPSA) is 0 Å². The molecule has 0 aromatic carbocycles. The second-order valence-corrected chi connectivity index (χ2v) is 251. The van der Waals surface area contributed by atoms with E-state index in [9.17, 15) is 0 Å². The maximum atomic E-state index is 3.13. The summed E-state index contributed by atoms with van der Waals surface area (Å²) in [5.74, 6) is 0. The zero-order valence-corrected chi connectivity index (χ0v) is 71.3. The van der Waals surface area contributed by atoms with Crippen molar-refractivity contribution in [3.05, 3.63) is 0 Å². The molecule has 0 amide bonds. The average molecular weight is 1360 g/mol. The quantitative estimate of drug-likeness (QED) is 0.135. The summed E-state index contributed by atoms with van der Waals surface area (Å²) in [7, 11) is -21.5. The van der Waals surface area contributed by atoms with Crippen LogP contribution in [-0.4, -0.2) is 172 Å². The molecule has 0 unspecified atom stereocenters. The molecule has 0 saturated carbocycles. The van der Waals surface area contributed by atoms with E-state index in [0.29, 0.717) is 0 Å². The summed E-state index contributed by atoms with van der Waals surface area (Å²) in [6.45, 7) is 113. The van der Waals surface area contributed by atoms with Gasteiger partial charge in [-0.3, -0.25) is 0 Å². The van der Waals surface area contributed by atoms with Gasteiger partial charge in [0.15, 0.2) is 0 Å². The molecule has 20 heteroatoms. The average Bonchev–Trinajstić information content (AvgIpc) is 2.77. The van der Waals surface area contributed by atoms with Gasteiger partial charge in [-0.15, -0.1) is 0 Å². The van der Waals surface area contributed by atoms with Crippen LogP contribution in [0, 0.1) is 0 Å². The fourth-order valence-corrected chi connectivity index (χ4v) is 1060. The number of hydrogen-bond acceptors (Lipinski definition) is 0. The van der Waals surface area contributed by atoms with Crippen molar-refractivity contribution in [3.8, 4) is 0 Å². The van der Waals surface area contributed by atoms with Crippen LogP contribution in [0.3, 0.4) is 0 Å². The first kappa shape index (κ1) is 63.5. The Balaban J connectivity index is 5.44. The molecule has 0 spiro atoms. The molecule has 1 rings (SSSR count). The van der Waals surface area contributed by atoms with Crippen LogP contribution in [0.5, 0.6) is 0 Å². The molecule has 360 valence electrons. The van der Waals surface area contributed by atoms with Crippen LogP contribution in [0.4, 0.5) is 0 Å². The Morgan fingerprint density at radius 1 is 0.183 bits per heavy atom. The summed E-state index contributed by atoms with van der Waals surface area (Å²) in [5.41, 5.74) is 0. The molecule has 0 bridgehead atoms. The normalized spacial score (nSPS) is 20.2. The summed E-state index contributed by atoms with van der Waals surface area (Å²) in [5, 5.41) is 0. The predicted octanol–water partition coefficient (Wildman–Crippen LogP) is 15.2. The van der Waals surface area contributed by atoms with Gasteiger partial charge in [0, 0.05) is 0 Å². The van der Waals surface area contributed by atoms with E-state index in [0.717, 1.165) is 0 Å². The van der Waals surface area contributed by atoms with Gasteiger partial charge in [0.2, 0.25) is 0 Å². The number of hydrogen-bond donors (Lipinski definition) is 0. The van der Waals surface area contributed by atoms with E-state index in [1.807, 2.05) is 0 Å². The molecule has 1 heterocycles. The Hall–Kier alpha value is 5.48. The molecule has 0 N–H and O–H groups in total. The summed E-state index contributed by atoms with van der Waals surface area (Å²) in [6, 6.07) is 0. The monoisotopic (exact) mass is 1360 g/mol. The molecular weight excluding hydrogens is 1240 g/mol. The second-order valence-electron chi connectivity index (χ2n) is 33.1. The van der Waals surface area contributed by atoms with Gasteiger partial charge in [-0.05, 0) is 0 Å². The molecule has 0 radical (unpaired) electrons. The molecular formula is C40H116Si18Te2. The Morgan fingerprint density at radius 2 is 0.267 bits per heavy atom. The van der Waals surface area contributed by atoms with Gasteiger partial charge < -0.3 is 0 Å². The van der Waals surface area contributed by atoms with Crippen molar-refractivity contribution in [2.45, 2.75) is 252 Å². The van der Waals surface area contributed by atoms with E-state index in [2.05, 4.69) is 252 Å². The standard InChI is InChI=1S/C40H116Si18Te2/c1-41(2,3)55(42(4,5)6,43(7,8)9)53(56(44(10,11)12,45(13,14)15)46(16,17)18)37-59-39-54(40-60-38-53,57(47(19,20)21,48(22,23)24)49(25,26)27)58(50(28,29)30,51(31,32)33)52(34,35)36/h37-40H2,1-36H3. The van der Waals surface area contributed by atoms with Crippen molar-refractivity contribution in [2.24, 2.45) is 0 Å². The third-order valence-electron chi connectivity index (χ3n) is 17.8. The van der Waals surface area contributed by atoms with E-state index in [-0.39, 0.29) is 41.8 Å². The van der Waals surface area contributed by atoms with Crippen molar-refractivity contribution < 1.29 is 0 Å². The summed E-state index contributed by atoms with van der Waals surface area (Å²) < 4.78 is 8.20. The third-order valence-corrected chi connectivity index (χ3v) is 534. The molecule has 60 heavy (non-hydrogen) atoms. The van der Waals surface area contributed by atoms with Gasteiger partial charge in [-0.1, -0.05) is 0 Å². The van der Waals surface area contributed by atoms with E-state index in [1.165, 1.54) is 0 Å². The molecule has 1 saturated heterocycles. The fraction of sp³-hybridized carbons (Fsp3) is 1.00. The van der Waals surface area contributed by atoms with Gasteiger partial charge in [0.1, 0.15) is 0 Å². The molecule has 1 aliphatic heterocycles. The van der Waals surface area contributed by atoms with Crippen molar-refractivity contribution in [1.82, 2.24) is 0 Å². The first-order valence-electron chi connectivity index (χ1n) is 24.6. The zero-order chi connectivity index (χ0) is 49.2. The van der Waals surface area contributed by atoms with Gasteiger partial charge in [-0.25, -0.2) is 0 Å². The van der Waals surface area contributed by atoms with Gasteiger partial charge in [0.25, 0.3) is 0 Å². The second kappa shape index (κ2) is 18.2. The molecule has 1 fully saturated rings. The van der Waals surface area contributed by atoms with Gasteiger partial charge in [-0.2, -0.15) is 0 Å². The molecule has 0 aromatic rings. The molecule has 0 aliphatic carbocycles. The van der Waals surface area contributed by atoms with E-state index < -0.39 is 130 Å². The van der Waals surface area contributed by atoms with Crippen LogP contribution in [0.25, 0.3) is 0 Å². The SMILES string of the molecule is C[Si](C)(C)[Si]([Si](C)(C)C)([Si](C)(C)C)[Si]1([Si]([Si](C)(C)C)([Si](C)(C)C)[Si](C)(C)C)C[Te]C[Si]([Si]([Si](C)(C)C)([Si](C)(C)C)[Si](C)(C)C)([Si]([Si](C)(C)C)([Si](C)(C)C)[Si](C)(C)C)C[Te]C1. The Morgan fingerprint density at radius 3 is 0.333 bits per heavy atom. The summed E-state index contributed by atoms with van der Waals surface area (Å²) in [6.07, 6.45) is -6.60. The first-order valence-corrected chi connectivity index (χ1v) is 102. The van der Waals surface area contributed by atoms with Crippen LogP contribution < -0.4 is 0 Å². The minimum atomic E-state index is -1.71. The van der Waals surface area contributed by atoms with Crippen LogP contribution in [0.1, 0.15) is 0 Å². The van der Waals surface area contributed by atoms with Crippen molar-refractivity contribution in [1.29, 1.82) is 0 Å². The zero-order valence-electron chi connectivity index (χ0n) is 48.6. The Bertz CT molecular complexity index is 1130. The Labute approximate surface area is 418 Å². The van der Waals surface area contributed by atoms with Crippen molar-refractivity contribution in [3.63, 3.8) is 0 Å². The Kier molecular flexibility index (Phi) is 19.3. The van der Waals surface area contributed by atoms with E-state index in [1.54, 1.807) is 0 Å². The van der Waals surface area contributed by atoms with Crippen molar-refractivity contribution in [2.75, 3.05) is 0 Å².